The quantitative estimate of drug-likeness (QED) is 0.819. The number of rotatable bonds is 2. The molecule has 0 bridgehead atoms. The minimum absolute atomic E-state index is 0.0457. The number of likely N-dealkylation sites (N-methyl/N-ethyl adjacent to an activating group) is 1. The first kappa shape index (κ1) is 15.2. The number of amides is 1. The first-order chi connectivity index (χ1) is 10.6. The molecule has 1 unspecified atom stereocenters. The summed E-state index contributed by atoms with van der Waals surface area (Å²) in [6, 6.07) is 1.85. The van der Waals surface area contributed by atoms with Crippen LogP contribution in [0.25, 0.3) is 0 Å². The lowest BCUT2D eigenvalue weighted by Gasteiger charge is -2.33. The predicted molar refractivity (Wildman–Crippen MR) is 86.0 cm³/mol. The van der Waals surface area contributed by atoms with E-state index in [0.29, 0.717) is 11.6 Å². The molecular formula is C16H25N5O. The molecule has 0 aromatic carbocycles. The maximum absolute atomic E-state index is 12.6. The zero-order valence-corrected chi connectivity index (χ0v) is 13.5. The van der Waals surface area contributed by atoms with E-state index in [1.54, 1.807) is 0 Å². The summed E-state index contributed by atoms with van der Waals surface area (Å²) < 4.78 is 0. The van der Waals surface area contributed by atoms with E-state index >= 15 is 0 Å². The van der Waals surface area contributed by atoms with Crippen LogP contribution in [-0.4, -0.2) is 72.0 Å². The van der Waals surface area contributed by atoms with Crippen LogP contribution in [0.5, 0.6) is 0 Å². The Balaban J connectivity index is 1.71. The summed E-state index contributed by atoms with van der Waals surface area (Å²) in [5, 5.41) is 0. The minimum Gasteiger partial charge on any atom is -0.354 e. The maximum Gasteiger partial charge on any atom is 0.272 e. The molecular weight excluding hydrogens is 278 g/mol. The van der Waals surface area contributed by atoms with Crippen molar-refractivity contribution in [2.24, 2.45) is 5.92 Å². The molecule has 1 aromatic rings. The average molecular weight is 303 g/mol. The van der Waals surface area contributed by atoms with Crippen molar-refractivity contribution in [2.75, 3.05) is 51.2 Å². The minimum atomic E-state index is 0.0457. The van der Waals surface area contributed by atoms with Crippen molar-refractivity contribution >= 4 is 11.7 Å². The van der Waals surface area contributed by atoms with Crippen LogP contribution in [0.3, 0.4) is 0 Å². The Hall–Kier alpha value is -1.69. The highest BCUT2D eigenvalue weighted by atomic mass is 16.2. The first-order valence-electron chi connectivity index (χ1n) is 8.18. The highest BCUT2D eigenvalue weighted by Gasteiger charge is 2.24. The van der Waals surface area contributed by atoms with Gasteiger partial charge in [0.2, 0.25) is 0 Å². The summed E-state index contributed by atoms with van der Waals surface area (Å²) in [6.45, 7) is 7.83. The smallest absolute Gasteiger partial charge is 0.272 e. The molecule has 120 valence electrons. The molecule has 0 saturated carbocycles. The number of nitrogens with zero attached hydrogens (tertiary/aromatic N) is 5. The lowest BCUT2D eigenvalue weighted by atomic mass is 10.00. The van der Waals surface area contributed by atoms with Crippen molar-refractivity contribution in [1.82, 2.24) is 19.8 Å². The summed E-state index contributed by atoms with van der Waals surface area (Å²) in [5.74, 6) is 1.50. The number of piperidine rings is 1. The fourth-order valence-corrected chi connectivity index (χ4v) is 3.21. The molecule has 6 heteroatoms. The van der Waals surface area contributed by atoms with Crippen LogP contribution < -0.4 is 4.90 Å². The van der Waals surface area contributed by atoms with E-state index in [-0.39, 0.29) is 5.91 Å². The normalized spacial score (nSPS) is 23.6. The van der Waals surface area contributed by atoms with Crippen molar-refractivity contribution in [3.8, 4) is 0 Å². The zero-order chi connectivity index (χ0) is 15.5. The summed E-state index contributed by atoms with van der Waals surface area (Å²) >= 11 is 0. The van der Waals surface area contributed by atoms with Gasteiger partial charge in [0, 0.05) is 45.3 Å². The molecule has 0 N–H and O–H groups in total. The molecule has 2 saturated heterocycles. The van der Waals surface area contributed by atoms with Crippen LogP contribution in [0.1, 0.15) is 30.3 Å². The Bertz CT molecular complexity index is 527. The molecule has 0 spiro atoms. The van der Waals surface area contributed by atoms with Gasteiger partial charge in [-0.1, -0.05) is 6.92 Å². The van der Waals surface area contributed by atoms with Crippen molar-refractivity contribution < 1.29 is 4.79 Å². The number of aromatic nitrogens is 2. The Morgan fingerprint density at radius 2 is 1.95 bits per heavy atom. The van der Waals surface area contributed by atoms with Gasteiger partial charge in [0.1, 0.15) is 17.8 Å². The molecule has 6 nitrogen and oxygen atoms in total. The van der Waals surface area contributed by atoms with E-state index < -0.39 is 0 Å². The van der Waals surface area contributed by atoms with E-state index in [2.05, 4.69) is 33.7 Å². The SMILES string of the molecule is CC1CCCN(C(=O)c2cc(N3CCN(C)CC3)ncn2)C1. The number of hydrogen-bond donors (Lipinski definition) is 0. The topological polar surface area (TPSA) is 52.6 Å². The van der Waals surface area contributed by atoms with Crippen molar-refractivity contribution in [1.29, 1.82) is 0 Å². The summed E-state index contributed by atoms with van der Waals surface area (Å²) in [4.78, 5) is 27.7. The van der Waals surface area contributed by atoms with Gasteiger partial charge < -0.3 is 14.7 Å². The van der Waals surface area contributed by atoms with Crippen molar-refractivity contribution in [2.45, 2.75) is 19.8 Å². The lowest BCUT2D eigenvalue weighted by Crippen LogP contribution is -2.45. The Kier molecular flexibility index (Phi) is 4.57. The van der Waals surface area contributed by atoms with E-state index in [1.165, 1.54) is 12.7 Å². The molecule has 0 aliphatic carbocycles. The third kappa shape index (κ3) is 3.38. The zero-order valence-electron chi connectivity index (χ0n) is 13.5. The lowest BCUT2D eigenvalue weighted by molar-refractivity contribution is 0.0677. The maximum atomic E-state index is 12.6. The molecule has 3 rings (SSSR count). The Morgan fingerprint density at radius 1 is 1.18 bits per heavy atom. The predicted octanol–water partition coefficient (Wildman–Crippen LogP) is 1.10. The van der Waals surface area contributed by atoms with Crippen LogP contribution in [-0.2, 0) is 0 Å². The molecule has 22 heavy (non-hydrogen) atoms. The molecule has 1 aromatic heterocycles. The van der Waals surface area contributed by atoms with Gasteiger partial charge in [-0.3, -0.25) is 4.79 Å². The molecule has 2 aliphatic rings. The van der Waals surface area contributed by atoms with Crippen LogP contribution >= 0.6 is 0 Å². The van der Waals surface area contributed by atoms with E-state index in [4.69, 9.17) is 0 Å². The monoisotopic (exact) mass is 303 g/mol. The Labute approximate surface area is 132 Å². The van der Waals surface area contributed by atoms with Gasteiger partial charge in [0.25, 0.3) is 5.91 Å². The fraction of sp³-hybridized carbons (Fsp3) is 0.688. The third-order valence-electron chi connectivity index (χ3n) is 4.64. The van der Waals surface area contributed by atoms with Crippen LogP contribution in [0.15, 0.2) is 12.4 Å². The van der Waals surface area contributed by atoms with Gasteiger partial charge in [0.05, 0.1) is 0 Å². The van der Waals surface area contributed by atoms with Gasteiger partial charge in [-0.15, -0.1) is 0 Å². The van der Waals surface area contributed by atoms with Gasteiger partial charge in [0.15, 0.2) is 0 Å². The number of anilines is 1. The first-order valence-corrected chi connectivity index (χ1v) is 8.18. The van der Waals surface area contributed by atoms with Crippen molar-refractivity contribution in [3.05, 3.63) is 18.1 Å². The second-order valence-electron chi connectivity index (χ2n) is 6.55. The number of hydrogen-bond acceptors (Lipinski definition) is 5. The average Bonchev–Trinajstić information content (AvgIpc) is 2.55. The molecule has 1 atom stereocenters. The number of piperazine rings is 1. The third-order valence-corrected chi connectivity index (χ3v) is 4.64. The van der Waals surface area contributed by atoms with Gasteiger partial charge >= 0.3 is 0 Å². The second-order valence-corrected chi connectivity index (χ2v) is 6.55. The van der Waals surface area contributed by atoms with Gasteiger partial charge in [-0.05, 0) is 25.8 Å². The van der Waals surface area contributed by atoms with E-state index in [9.17, 15) is 4.79 Å². The molecule has 0 radical (unpaired) electrons. The molecule has 3 heterocycles. The van der Waals surface area contributed by atoms with Gasteiger partial charge in [-0.25, -0.2) is 9.97 Å². The van der Waals surface area contributed by atoms with E-state index in [0.717, 1.165) is 51.5 Å². The van der Waals surface area contributed by atoms with Crippen LogP contribution in [0.4, 0.5) is 5.82 Å². The molecule has 1 amide bonds. The highest BCUT2D eigenvalue weighted by molar-refractivity contribution is 5.93. The van der Waals surface area contributed by atoms with Crippen LogP contribution in [0, 0.1) is 5.92 Å². The number of carbonyl (C=O) groups excluding carboxylic acids is 1. The second kappa shape index (κ2) is 6.60. The largest absolute Gasteiger partial charge is 0.354 e. The highest BCUT2D eigenvalue weighted by Crippen LogP contribution is 2.19. The fourth-order valence-electron chi connectivity index (χ4n) is 3.21. The number of likely N-dealkylation sites (tertiary alicyclic amines) is 1. The molecule has 2 fully saturated rings. The van der Waals surface area contributed by atoms with Crippen molar-refractivity contribution in [3.63, 3.8) is 0 Å². The summed E-state index contributed by atoms with van der Waals surface area (Å²) in [7, 11) is 2.13. The van der Waals surface area contributed by atoms with E-state index in [1.807, 2.05) is 11.0 Å². The standard InChI is InChI=1S/C16H25N5O/c1-13-4-3-5-21(11-13)16(22)14-10-15(18-12-17-14)20-8-6-19(2)7-9-20/h10,12-13H,3-9,11H2,1-2H3. The number of carbonyl (C=O) groups is 1. The van der Waals surface area contributed by atoms with Crippen LogP contribution in [0.2, 0.25) is 0 Å². The molecule has 2 aliphatic heterocycles. The van der Waals surface area contributed by atoms with Gasteiger partial charge in [-0.2, -0.15) is 0 Å². The summed E-state index contributed by atoms with van der Waals surface area (Å²) in [5.41, 5.74) is 0.526. The summed E-state index contributed by atoms with van der Waals surface area (Å²) in [6.07, 6.45) is 3.82. The Morgan fingerprint density at radius 3 is 2.68 bits per heavy atom.